The van der Waals surface area contributed by atoms with E-state index >= 15 is 0 Å². The Labute approximate surface area is 108 Å². The number of hydrogen-bond acceptors (Lipinski definition) is 2. The number of nitrogens with two attached hydrogens (primary N) is 1. The predicted octanol–water partition coefficient (Wildman–Crippen LogP) is 3.55. The van der Waals surface area contributed by atoms with E-state index in [1.807, 2.05) is 48.5 Å². The minimum atomic E-state index is 0.102. The van der Waals surface area contributed by atoms with Gasteiger partial charge in [0.25, 0.3) is 0 Å². The second-order valence-corrected chi connectivity index (χ2v) is 4.32. The van der Waals surface area contributed by atoms with Gasteiger partial charge in [-0.05, 0) is 30.5 Å². The number of hydrogen-bond donors (Lipinski definition) is 1. The molecular weight excluding hydrogens is 222 g/mol. The van der Waals surface area contributed by atoms with E-state index in [1.165, 1.54) is 5.56 Å². The standard InChI is InChI=1S/C16H19NO/c17-16(14-8-3-1-4-9-14)12-7-13-18-15-10-5-2-6-11-15/h1-6,8-11,16H,7,12-13,17H2/t16-/m1/s1. The zero-order chi connectivity index (χ0) is 12.6. The minimum Gasteiger partial charge on any atom is -0.494 e. The summed E-state index contributed by atoms with van der Waals surface area (Å²) < 4.78 is 5.64. The SMILES string of the molecule is N[C@H](CCCOc1ccccc1)c1ccccc1. The lowest BCUT2D eigenvalue weighted by Crippen LogP contribution is -2.11. The van der Waals surface area contributed by atoms with Crippen molar-refractivity contribution in [3.63, 3.8) is 0 Å². The normalized spacial score (nSPS) is 12.1. The summed E-state index contributed by atoms with van der Waals surface area (Å²) in [5.41, 5.74) is 7.31. The fraction of sp³-hybridized carbons (Fsp3) is 0.250. The van der Waals surface area contributed by atoms with E-state index in [9.17, 15) is 0 Å². The Balaban J connectivity index is 1.70. The van der Waals surface area contributed by atoms with Crippen molar-refractivity contribution in [2.75, 3.05) is 6.61 Å². The van der Waals surface area contributed by atoms with E-state index in [0.29, 0.717) is 6.61 Å². The van der Waals surface area contributed by atoms with Gasteiger partial charge in [-0.15, -0.1) is 0 Å². The van der Waals surface area contributed by atoms with E-state index in [0.717, 1.165) is 18.6 Å². The molecule has 0 fully saturated rings. The van der Waals surface area contributed by atoms with E-state index in [-0.39, 0.29) is 6.04 Å². The quantitative estimate of drug-likeness (QED) is 0.785. The third-order valence-corrected chi connectivity index (χ3v) is 2.90. The fourth-order valence-corrected chi connectivity index (χ4v) is 1.88. The van der Waals surface area contributed by atoms with Crippen LogP contribution < -0.4 is 10.5 Å². The van der Waals surface area contributed by atoms with Crippen LogP contribution in [0.2, 0.25) is 0 Å². The Bertz CT molecular complexity index is 441. The van der Waals surface area contributed by atoms with Gasteiger partial charge in [-0.2, -0.15) is 0 Å². The molecule has 0 amide bonds. The molecule has 1 atom stereocenters. The van der Waals surface area contributed by atoms with Crippen LogP contribution in [0, 0.1) is 0 Å². The summed E-state index contributed by atoms with van der Waals surface area (Å²) >= 11 is 0. The maximum absolute atomic E-state index is 6.12. The van der Waals surface area contributed by atoms with Crippen LogP contribution in [0.3, 0.4) is 0 Å². The molecule has 0 aliphatic heterocycles. The summed E-state index contributed by atoms with van der Waals surface area (Å²) in [7, 11) is 0. The Hall–Kier alpha value is -1.80. The highest BCUT2D eigenvalue weighted by Crippen LogP contribution is 2.16. The van der Waals surface area contributed by atoms with Crippen LogP contribution in [0.4, 0.5) is 0 Å². The molecule has 0 bridgehead atoms. The smallest absolute Gasteiger partial charge is 0.119 e. The highest BCUT2D eigenvalue weighted by Gasteiger charge is 2.04. The number of ether oxygens (including phenoxy) is 1. The van der Waals surface area contributed by atoms with Gasteiger partial charge in [-0.3, -0.25) is 0 Å². The van der Waals surface area contributed by atoms with E-state index in [2.05, 4.69) is 12.1 Å². The van der Waals surface area contributed by atoms with Gasteiger partial charge >= 0.3 is 0 Å². The number of benzene rings is 2. The van der Waals surface area contributed by atoms with Crippen molar-refractivity contribution in [1.29, 1.82) is 0 Å². The van der Waals surface area contributed by atoms with E-state index in [4.69, 9.17) is 10.5 Å². The molecule has 0 aliphatic carbocycles. The minimum absolute atomic E-state index is 0.102. The van der Waals surface area contributed by atoms with Gasteiger partial charge < -0.3 is 10.5 Å². The van der Waals surface area contributed by atoms with Crippen molar-refractivity contribution in [3.8, 4) is 5.75 Å². The summed E-state index contributed by atoms with van der Waals surface area (Å²) in [5, 5.41) is 0. The molecule has 0 unspecified atom stereocenters. The Morgan fingerprint density at radius 2 is 1.50 bits per heavy atom. The lowest BCUT2D eigenvalue weighted by molar-refractivity contribution is 0.302. The molecule has 2 aromatic rings. The molecule has 0 aliphatic rings. The zero-order valence-corrected chi connectivity index (χ0v) is 10.5. The van der Waals surface area contributed by atoms with Crippen LogP contribution in [0.15, 0.2) is 60.7 Å². The van der Waals surface area contributed by atoms with Crippen LogP contribution >= 0.6 is 0 Å². The van der Waals surface area contributed by atoms with Crippen LogP contribution in [0.5, 0.6) is 5.75 Å². The molecule has 0 heterocycles. The lowest BCUT2D eigenvalue weighted by atomic mass is 10.0. The topological polar surface area (TPSA) is 35.2 Å². The molecule has 0 aromatic heterocycles. The van der Waals surface area contributed by atoms with Crippen LogP contribution in [-0.4, -0.2) is 6.61 Å². The van der Waals surface area contributed by atoms with E-state index < -0.39 is 0 Å². The first kappa shape index (κ1) is 12.7. The first-order valence-electron chi connectivity index (χ1n) is 6.34. The molecule has 2 rings (SSSR count). The largest absolute Gasteiger partial charge is 0.494 e. The van der Waals surface area contributed by atoms with Crippen LogP contribution in [0.25, 0.3) is 0 Å². The zero-order valence-electron chi connectivity index (χ0n) is 10.5. The first-order chi connectivity index (χ1) is 8.86. The number of para-hydroxylation sites is 1. The highest BCUT2D eigenvalue weighted by atomic mass is 16.5. The first-order valence-corrected chi connectivity index (χ1v) is 6.34. The number of rotatable bonds is 6. The summed E-state index contributed by atoms with van der Waals surface area (Å²) in [6.07, 6.45) is 1.90. The predicted molar refractivity (Wildman–Crippen MR) is 74.5 cm³/mol. The van der Waals surface area contributed by atoms with Gasteiger partial charge in [0.2, 0.25) is 0 Å². The molecule has 2 aromatic carbocycles. The second kappa shape index (κ2) is 6.82. The lowest BCUT2D eigenvalue weighted by Gasteiger charge is -2.12. The molecule has 0 saturated carbocycles. The third-order valence-electron chi connectivity index (χ3n) is 2.90. The average molecular weight is 241 g/mol. The molecule has 94 valence electrons. The van der Waals surface area contributed by atoms with Crippen molar-refractivity contribution in [3.05, 3.63) is 66.2 Å². The summed E-state index contributed by atoms with van der Waals surface area (Å²) in [5.74, 6) is 0.922. The van der Waals surface area contributed by atoms with Gasteiger partial charge in [0.15, 0.2) is 0 Å². The van der Waals surface area contributed by atoms with Gasteiger partial charge in [0.1, 0.15) is 5.75 Å². The molecular formula is C16H19NO. The Morgan fingerprint density at radius 1 is 0.889 bits per heavy atom. The molecule has 0 spiro atoms. The van der Waals surface area contributed by atoms with Crippen LogP contribution in [-0.2, 0) is 0 Å². The van der Waals surface area contributed by atoms with Crippen molar-refractivity contribution in [2.24, 2.45) is 5.73 Å². The second-order valence-electron chi connectivity index (χ2n) is 4.32. The van der Waals surface area contributed by atoms with Crippen molar-refractivity contribution in [1.82, 2.24) is 0 Å². The molecule has 2 nitrogen and oxygen atoms in total. The van der Waals surface area contributed by atoms with Crippen molar-refractivity contribution in [2.45, 2.75) is 18.9 Å². The molecule has 2 N–H and O–H groups in total. The highest BCUT2D eigenvalue weighted by molar-refractivity contribution is 5.21. The summed E-state index contributed by atoms with van der Waals surface area (Å²) in [6.45, 7) is 0.713. The van der Waals surface area contributed by atoms with Gasteiger partial charge in [0.05, 0.1) is 6.61 Å². The Morgan fingerprint density at radius 3 is 2.17 bits per heavy atom. The third kappa shape index (κ3) is 3.90. The monoisotopic (exact) mass is 241 g/mol. The summed E-state index contributed by atoms with van der Waals surface area (Å²) in [6, 6.07) is 20.2. The van der Waals surface area contributed by atoms with Crippen molar-refractivity contribution >= 4 is 0 Å². The maximum atomic E-state index is 6.12. The van der Waals surface area contributed by atoms with Gasteiger partial charge in [-0.1, -0.05) is 48.5 Å². The van der Waals surface area contributed by atoms with Crippen molar-refractivity contribution < 1.29 is 4.74 Å². The van der Waals surface area contributed by atoms with Crippen LogP contribution in [0.1, 0.15) is 24.4 Å². The summed E-state index contributed by atoms with van der Waals surface area (Å²) in [4.78, 5) is 0. The fourth-order valence-electron chi connectivity index (χ4n) is 1.88. The molecule has 18 heavy (non-hydrogen) atoms. The van der Waals surface area contributed by atoms with Gasteiger partial charge in [-0.25, -0.2) is 0 Å². The average Bonchev–Trinajstić information content (AvgIpc) is 2.45. The van der Waals surface area contributed by atoms with E-state index in [1.54, 1.807) is 0 Å². The molecule has 2 heteroatoms. The van der Waals surface area contributed by atoms with Gasteiger partial charge in [0, 0.05) is 6.04 Å². The maximum Gasteiger partial charge on any atom is 0.119 e. The Kier molecular flexibility index (Phi) is 4.79. The molecule has 0 radical (unpaired) electrons. The molecule has 0 saturated heterocycles.